The van der Waals surface area contributed by atoms with Crippen LogP contribution in [0.4, 0.5) is 11.4 Å². The molecular formula is C13H13N3O4S. The van der Waals surface area contributed by atoms with Crippen molar-refractivity contribution in [2.45, 2.75) is 11.3 Å². The largest absolute Gasteiger partial charge is 0.396 e. The number of hydrogen-bond acceptors (Lipinski definition) is 6. The molecule has 2 rings (SSSR count). The molecule has 1 aromatic heterocycles. The number of sulfone groups is 1. The number of nitrogen functional groups attached to an aromatic ring is 1. The Hall–Kier alpha value is -2.48. The van der Waals surface area contributed by atoms with Gasteiger partial charge in [0, 0.05) is 18.3 Å². The minimum Gasteiger partial charge on any atom is -0.396 e. The van der Waals surface area contributed by atoms with Crippen LogP contribution in [0, 0.1) is 10.1 Å². The fourth-order valence-electron chi connectivity index (χ4n) is 1.82. The van der Waals surface area contributed by atoms with Crippen molar-refractivity contribution in [3.05, 3.63) is 58.4 Å². The molecule has 0 saturated heterocycles. The average Bonchev–Trinajstić information content (AvgIpc) is 2.46. The third kappa shape index (κ3) is 3.54. The monoisotopic (exact) mass is 307 g/mol. The zero-order valence-electron chi connectivity index (χ0n) is 11.0. The second-order valence-electron chi connectivity index (χ2n) is 4.41. The van der Waals surface area contributed by atoms with E-state index in [4.69, 9.17) is 5.73 Å². The Morgan fingerprint density at radius 3 is 2.43 bits per heavy atom. The number of aromatic nitrogens is 1. The number of aryl methyl sites for hydroxylation is 1. The second-order valence-corrected chi connectivity index (χ2v) is 6.48. The average molecular weight is 307 g/mol. The van der Waals surface area contributed by atoms with E-state index in [1.165, 1.54) is 30.6 Å². The smallest absolute Gasteiger partial charge is 0.269 e. The molecule has 0 spiro atoms. The van der Waals surface area contributed by atoms with Crippen molar-refractivity contribution < 1.29 is 13.3 Å². The lowest BCUT2D eigenvalue weighted by Crippen LogP contribution is -2.11. The van der Waals surface area contributed by atoms with Gasteiger partial charge in [0.25, 0.3) is 5.69 Å². The van der Waals surface area contributed by atoms with Gasteiger partial charge in [-0.05, 0) is 18.1 Å². The number of anilines is 1. The number of nitrogens with zero attached hydrogens (tertiary/aromatic N) is 2. The molecule has 0 aliphatic heterocycles. The Morgan fingerprint density at radius 1 is 1.19 bits per heavy atom. The van der Waals surface area contributed by atoms with Gasteiger partial charge in [0.1, 0.15) is 0 Å². The number of rotatable bonds is 5. The topological polar surface area (TPSA) is 116 Å². The van der Waals surface area contributed by atoms with E-state index in [1.54, 1.807) is 12.1 Å². The molecule has 0 bridgehead atoms. The zero-order chi connectivity index (χ0) is 15.5. The maximum absolute atomic E-state index is 12.2. The highest BCUT2D eigenvalue weighted by Gasteiger charge is 2.17. The Balaban J connectivity index is 2.12. The molecular weight excluding hydrogens is 294 g/mol. The number of nitro groups is 1. The fourth-order valence-corrected chi connectivity index (χ4v) is 3.23. The van der Waals surface area contributed by atoms with Crippen LogP contribution in [0.5, 0.6) is 0 Å². The van der Waals surface area contributed by atoms with Gasteiger partial charge < -0.3 is 5.73 Å². The van der Waals surface area contributed by atoms with Gasteiger partial charge in [-0.1, -0.05) is 12.1 Å². The molecule has 0 unspecified atom stereocenters. The molecule has 2 N–H and O–H groups in total. The first-order chi connectivity index (χ1) is 9.90. The minimum absolute atomic E-state index is 0.0278. The summed E-state index contributed by atoms with van der Waals surface area (Å²) in [7, 11) is -3.51. The summed E-state index contributed by atoms with van der Waals surface area (Å²) in [6.07, 6.45) is 2.91. The van der Waals surface area contributed by atoms with Crippen LogP contribution in [0.25, 0.3) is 0 Å². The number of benzene rings is 1. The Morgan fingerprint density at radius 2 is 1.86 bits per heavy atom. The van der Waals surface area contributed by atoms with Gasteiger partial charge in [-0.3, -0.25) is 15.1 Å². The molecule has 110 valence electrons. The van der Waals surface area contributed by atoms with Crippen LogP contribution in [0.1, 0.15) is 5.56 Å². The van der Waals surface area contributed by atoms with Crippen LogP contribution in [0.15, 0.2) is 47.6 Å². The van der Waals surface area contributed by atoms with Crippen LogP contribution >= 0.6 is 0 Å². The van der Waals surface area contributed by atoms with E-state index >= 15 is 0 Å². The highest BCUT2D eigenvalue weighted by molar-refractivity contribution is 7.91. The summed E-state index contributed by atoms with van der Waals surface area (Å²) in [5.74, 6) is -0.126. The maximum Gasteiger partial charge on any atom is 0.269 e. The van der Waals surface area contributed by atoms with Gasteiger partial charge in [-0.15, -0.1) is 0 Å². The Kier molecular flexibility index (Phi) is 4.18. The highest BCUT2D eigenvalue weighted by Crippen LogP contribution is 2.19. The van der Waals surface area contributed by atoms with Crippen molar-refractivity contribution in [2.75, 3.05) is 11.5 Å². The second kappa shape index (κ2) is 5.88. The van der Waals surface area contributed by atoms with E-state index in [0.717, 1.165) is 0 Å². The molecule has 0 atom stereocenters. The summed E-state index contributed by atoms with van der Waals surface area (Å²) < 4.78 is 24.4. The Labute approximate surface area is 121 Å². The SMILES string of the molecule is Nc1cnccc1S(=O)(=O)CCc1ccc([N+](=O)[O-])cc1. The van der Waals surface area contributed by atoms with Crippen molar-refractivity contribution in [2.24, 2.45) is 0 Å². The normalized spacial score (nSPS) is 11.2. The molecule has 0 aliphatic rings. The minimum atomic E-state index is -3.51. The fraction of sp³-hybridized carbons (Fsp3) is 0.154. The molecule has 7 nitrogen and oxygen atoms in total. The third-order valence-corrected chi connectivity index (χ3v) is 4.74. The predicted octanol–water partition coefficient (Wildman–Crippen LogP) is 1.59. The molecule has 1 aromatic carbocycles. The lowest BCUT2D eigenvalue weighted by Gasteiger charge is -2.06. The number of nitro benzene ring substituents is 1. The van der Waals surface area contributed by atoms with Crippen molar-refractivity contribution in [1.82, 2.24) is 4.98 Å². The van der Waals surface area contributed by atoms with E-state index in [-0.39, 0.29) is 28.4 Å². The van der Waals surface area contributed by atoms with Gasteiger partial charge in [0.15, 0.2) is 9.84 Å². The van der Waals surface area contributed by atoms with E-state index in [0.29, 0.717) is 5.56 Å². The molecule has 0 radical (unpaired) electrons. The van der Waals surface area contributed by atoms with E-state index in [2.05, 4.69) is 4.98 Å². The van der Waals surface area contributed by atoms with Crippen LogP contribution in [-0.4, -0.2) is 24.1 Å². The summed E-state index contributed by atoms with van der Waals surface area (Å²) in [4.78, 5) is 13.8. The van der Waals surface area contributed by atoms with E-state index < -0.39 is 14.8 Å². The van der Waals surface area contributed by atoms with Crippen molar-refractivity contribution >= 4 is 21.2 Å². The molecule has 1 heterocycles. The van der Waals surface area contributed by atoms with Gasteiger partial charge in [0.2, 0.25) is 0 Å². The zero-order valence-corrected chi connectivity index (χ0v) is 11.8. The molecule has 8 heteroatoms. The summed E-state index contributed by atoms with van der Waals surface area (Å²) in [5, 5.41) is 10.5. The van der Waals surface area contributed by atoms with Gasteiger partial charge in [-0.2, -0.15) is 0 Å². The van der Waals surface area contributed by atoms with Crippen LogP contribution in [0.3, 0.4) is 0 Å². The van der Waals surface area contributed by atoms with Crippen molar-refractivity contribution in [3.8, 4) is 0 Å². The van der Waals surface area contributed by atoms with E-state index in [1.807, 2.05) is 0 Å². The highest BCUT2D eigenvalue weighted by atomic mass is 32.2. The molecule has 2 aromatic rings. The maximum atomic E-state index is 12.2. The number of pyridine rings is 1. The van der Waals surface area contributed by atoms with E-state index in [9.17, 15) is 18.5 Å². The molecule has 0 amide bonds. The number of nitrogens with two attached hydrogens (primary N) is 1. The van der Waals surface area contributed by atoms with Gasteiger partial charge >= 0.3 is 0 Å². The lowest BCUT2D eigenvalue weighted by atomic mass is 10.1. The molecule has 0 fully saturated rings. The van der Waals surface area contributed by atoms with Crippen molar-refractivity contribution in [3.63, 3.8) is 0 Å². The quantitative estimate of drug-likeness (QED) is 0.662. The molecule has 21 heavy (non-hydrogen) atoms. The number of non-ortho nitro benzene ring substituents is 1. The first-order valence-corrected chi connectivity index (χ1v) is 7.71. The van der Waals surface area contributed by atoms with Gasteiger partial charge in [0.05, 0.1) is 27.5 Å². The first-order valence-electron chi connectivity index (χ1n) is 6.06. The summed E-state index contributed by atoms with van der Waals surface area (Å²) in [6, 6.07) is 7.15. The van der Waals surface area contributed by atoms with Crippen LogP contribution in [0.2, 0.25) is 0 Å². The standard InChI is InChI=1S/C13H13N3O4S/c14-12-9-15-7-5-13(12)21(19,20)8-6-10-1-3-11(4-2-10)16(17)18/h1-5,7,9H,6,8,14H2. The Bertz CT molecular complexity index is 757. The van der Waals surface area contributed by atoms with Crippen LogP contribution < -0.4 is 5.73 Å². The summed E-state index contributed by atoms with van der Waals surface area (Å²) >= 11 is 0. The van der Waals surface area contributed by atoms with Crippen molar-refractivity contribution in [1.29, 1.82) is 0 Å². The third-order valence-electron chi connectivity index (χ3n) is 2.95. The number of hydrogen-bond donors (Lipinski definition) is 1. The predicted molar refractivity (Wildman–Crippen MR) is 77.5 cm³/mol. The lowest BCUT2D eigenvalue weighted by molar-refractivity contribution is -0.384. The van der Waals surface area contributed by atoms with Crippen LogP contribution in [-0.2, 0) is 16.3 Å². The molecule has 0 aliphatic carbocycles. The summed E-state index contributed by atoms with van der Waals surface area (Å²) in [5.41, 5.74) is 6.40. The first kappa shape index (κ1) is 14.9. The molecule has 0 saturated carbocycles. The summed E-state index contributed by atoms with van der Waals surface area (Å²) in [6.45, 7) is 0. The van der Waals surface area contributed by atoms with Gasteiger partial charge in [-0.25, -0.2) is 8.42 Å².